The molecule has 0 aliphatic carbocycles. The van der Waals surface area contributed by atoms with Crippen molar-refractivity contribution in [3.63, 3.8) is 0 Å². The molecule has 62 valence electrons. The molecular weight excluding hydrogens is 190 g/mol. The summed E-state index contributed by atoms with van der Waals surface area (Å²) in [7, 11) is -1.34. The van der Waals surface area contributed by atoms with Crippen molar-refractivity contribution in [1.82, 2.24) is 0 Å². The lowest BCUT2D eigenvalue weighted by Gasteiger charge is -1.82. The third-order valence-corrected chi connectivity index (χ3v) is 3.77. The van der Waals surface area contributed by atoms with Gasteiger partial charge in [0.2, 0.25) is 0 Å². The highest BCUT2D eigenvalue weighted by Crippen LogP contribution is 2.26. The minimum Gasteiger partial charge on any atom is -0.247 e. The highest BCUT2D eigenvalue weighted by molar-refractivity contribution is 7.85. The van der Waals surface area contributed by atoms with Crippen LogP contribution in [0.25, 0.3) is 10.1 Å². The van der Waals surface area contributed by atoms with E-state index in [0.717, 1.165) is 14.3 Å². The monoisotopic (exact) mass is 197 g/mol. The fraction of sp³-hybridized carbons (Fsp3) is 0. The van der Waals surface area contributed by atoms with Gasteiger partial charge < -0.3 is 0 Å². The Hall–Kier alpha value is -0.710. The van der Waals surface area contributed by atoms with E-state index in [1.807, 2.05) is 30.3 Å². The normalized spacial score (nSPS) is 13.4. The lowest BCUT2D eigenvalue weighted by atomic mass is 10.3. The van der Waals surface area contributed by atoms with Gasteiger partial charge in [-0.05, 0) is 17.5 Å². The fourth-order valence-electron chi connectivity index (χ4n) is 1.06. The molecule has 0 spiro atoms. The van der Waals surface area contributed by atoms with Gasteiger partial charge in [-0.2, -0.15) is 0 Å². The molecule has 0 aliphatic rings. The van der Waals surface area contributed by atoms with Crippen LogP contribution >= 0.6 is 11.3 Å². The smallest absolute Gasteiger partial charge is 0.132 e. The maximum atomic E-state index is 10.9. The SMILES string of the molecule is NS(=O)c1cc2ccccc2s1. The van der Waals surface area contributed by atoms with Gasteiger partial charge in [0, 0.05) is 4.70 Å². The van der Waals surface area contributed by atoms with Gasteiger partial charge in [0.1, 0.15) is 15.2 Å². The molecule has 2 nitrogen and oxygen atoms in total. The lowest BCUT2D eigenvalue weighted by Crippen LogP contribution is -1.99. The summed E-state index contributed by atoms with van der Waals surface area (Å²) in [4.78, 5) is 0. The highest BCUT2D eigenvalue weighted by atomic mass is 32.2. The predicted octanol–water partition coefficient (Wildman–Crippen LogP) is 1.88. The van der Waals surface area contributed by atoms with E-state index in [2.05, 4.69) is 0 Å². The van der Waals surface area contributed by atoms with Crippen molar-refractivity contribution in [3.8, 4) is 0 Å². The second-order valence-corrected chi connectivity index (χ2v) is 4.78. The van der Waals surface area contributed by atoms with Crippen LogP contribution in [0, 0.1) is 0 Å². The van der Waals surface area contributed by atoms with E-state index in [4.69, 9.17) is 5.14 Å². The van der Waals surface area contributed by atoms with Crippen LogP contribution in [0.4, 0.5) is 0 Å². The van der Waals surface area contributed by atoms with E-state index in [1.165, 1.54) is 11.3 Å². The molecule has 1 aromatic carbocycles. The summed E-state index contributed by atoms with van der Waals surface area (Å²) < 4.78 is 12.8. The summed E-state index contributed by atoms with van der Waals surface area (Å²) in [5.74, 6) is 0. The van der Waals surface area contributed by atoms with Crippen LogP contribution in [-0.2, 0) is 11.0 Å². The Morgan fingerprint density at radius 2 is 2.08 bits per heavy atom. The average Bonchev–Trinajstić information content (AvgIpc) is 2.46. The van der Waals surface area contributed by atoms with Gasteiger partial charge in [0.15, 0.2) is 0 Å². The Balaban J connectivity index is 2.70. The summed E-state index contributed by atoms with van der Waals surface area (Å²) >= 11 is 1.48. The van der Waals surface area contributed by atoms with Gasteiger partial charge in [-0.3, -0.25) is 0 Å². The van der Waals surface area contributed by atoms with E-state index < -0.39 is 11.0 Å². The molecule has 1 unspecified atom stereocenters. The number of nitrogens with two attached hydrogens (primary N) is 1. The third-order valence-electron chi connectivity index (χ3n) is 1.60. The first-order valence-electron chi connectivity index (χ1n) is 3.42. The van der Waals surface area contributed by atoms with Crippen LogP contribution in [0.15, 0.2) is 34.5 Å². The Bertz CT molecular complexity index is 402. The average molecular weight is 197 g/mol. The molecule has 0 radical (unpaired) electrons. The van der Waals surface area contributed by atoms with E-state index >= 15 is 0 Å². The molecule has 0 aliphatic heterocycles. The minimum atomic E-state index is -1.34. The third kappa shape index (κ3) is 1.29. The molecule has 2 N–H and O–H groups in total. The molecule has 0 fully saturated rings. The first-order valence-corrected chi connectivity index (χ1v) is 5.45. The topological polar surface area (TPSA) is 43.1 Å². The van der Waals surface area contributed by atoms with E-state index in [-0.39, 0.29) is 0 Å². The largest absolute Gasteiger partial charge is 0.247 e. The Morgan fingerprint density at radius 3 is 2.75 bits per heavy atom. The Kier molecular flexibility index (Phi) is 1.96. The molecule has 12 heavy (non-hydrogen) atoms. The summed E-state index contributed by atoms with van der Waals surface area (Å²) in [6, 6.07) is 9.77. The quantitative estimate of drug-likeness (QED) is 0.745. The van der Waals surface area contributed by atoms with Crippen molar-refractivity contribution in [1.29, 1.82) is 0 Å². The summed E-state index contributed by atoms with van der Waals surface area (Å²) in [5, 5.41) is 6.37. The van der Waals surface area contributed by atoms with Crippen LogP contribution in [0.3, 0.4) is 0 Å². The van der Waals surface area contributed by atoms with Gasteiger partial charge in [0.25, 0.3) is 0 Å². The zero-order chi connectivity index (χ0) is 8.55. The van der Waals surface area contributed by atoms with Crippen molar-refractivity contribution in [2.75, 3.05) is 0 Å². The summed E-state index contributed by atoms with van der Waals surface area (Å²) in [6.07, 6.45) is 0. The number of hydrogen-bond acceptors (Lipinski definition) is 2. The first kappa shape index (κ1) is 7.91. The van der Waals surface area contributed by atoms with E-state index in [0.29, 0.717) is 0 Å². The summed E-state index contributed by atoms with van der Waals surface area (Å²) in [6.45, 7) is 0. The number of fused-ring (bicyclic) bond motifs is 1. The molecule has 0 amide bonds. The molecule has 0 saturated heterocycles. The number of thiophene rings is 1. The van der Waals surface area contributed by atoms with Gasteiger partial charge in [-0.15, -0.1) is 11.3 Å². The molecule has 0 bridgehead atoms. The lowest BCUT2D eigenvalue weighted by molar-refractivity contribution is 0.685. The van der Waals surface area contributed by atoms with Crippen LogP contribution in [0.5, 0.6) is 0 Å². The molecule has 1 heterocycles. The van der Waals surface area contributed by atoms with Crippen molar-refractivity contribution in [2.24, 2.45) is 5.14 Å². The standard InChI is InChI=1S/C8H7NOS2/c9-12(10)8-5-6-3-1-2-4-7(6)11-8/h1-5H,9H2. The van der Waals surface area contributed by atoms with Crippen molar-refractivity contribution < 1.29 is 4.21 Å². The molecule has 0 saturated carbocycles. The van der Waals surface area contributed by atoms with Crippen molar-refractivity contribution in [2.45, 2.75) is 4.21 Å². The second kappa shape index (κ2) is 2.97. The van der Waals surface area contributed by atoms with Gasteiger partial charge >= 0.3 is 0 Å². The second-order valence-electron chi connectivity index (χ2n) is 2.40. The maximum Gasteiger partial charge on any atom is 0.132 e. The fourth-order valence-corrected chi connectivity index (χ4v) is 2.69. The molecule has 2 aromatic rings. The van der Waals surface area contributed by atoms with Crippen LogP contribution in [0.2, 0.25) is 0 Å². The zero-order valence-electron chi connectivity index (χ0n) is 6.19. The van der Waals surface area contributed by atoms with Crippen LogP contribution < -0.4 is 5.14 Å². The Labute approximate surface area is 76.6 Å². The maximum absolute atomic E-state index is 10.9. The molecule has 1 atom stereocenters. The molecular formula is C8H7NOS2. The first-order chi connectivity index (χ1) is 5.77. The molecule has 2 rings (SSSR count). The van der Waals surface area contributed by atoms with Gasteiger partial charge in [-0.25, -0.2) is 9.35 Å². The van der Waals surface area contributed by atoms with Crippen molar-refractivity contribution >= 4 is 32.4 Å². The summed E-state index contributed by atoms with van der Waals surface area (Å²) in [5.41, 5.74) is 0. The van der Waals surface area contributed by atoms with Crippen LogP contribution in [0.1, 0.15) is 0 Å². The molecule has 1 aromatic heterocycles. The zero-order valence-corrected chi connectivity index (χ0v) is 7.82. The number of rotatable bonds is 1. The Morgan fingerprint density at radius 1 is 1.33 bits per heavy atom. The van der Waals surface area contributed by atoms with E-state index in [1.54, 1.807) is 0 Å². The number of benzene rings is 1. The van der Waals surface area contributed by atoms with Crippen molar-refractivity contribution in [3.05, 3.63) is 30.3 Å². The highest BCUT2D eigenvalue weighted by Gasteiger charge is 2.03. The van der Waals surface area contributed by atoms with E-state index in [9.17, 15) is 4.21 Å². The number of hydrogen-bond donors (Lipinski definition) is 1. The minimum absolute atomic E-state index is 0.733. The van der Waals surface area contributed by atoms with Gasteiger partial charge in [-0.1, -0.05) is 18.2 Å². The van der Waals surface area contributed by atoms with Crippen LogP contribution in [-0.4, -0.2) is 4.21 Å². The molecule has 4 heteroatoms. The van der Waals surface area contributed by atoms with Gasteiger partial charge in [0.05, 0.1) is 0 Å². The predicted molar refractivity (Wildman–Crippen MR) is 52.4 cm³/mol.